The molecule has 0 saturated heterocycles. The maximum absolute atomic E-state index is 13.5. The van der Waals surface area contributed by atoms with Gasteiger partial charge in [-0.15, -0.1) is 0 Å². The van der Waals surface area contributed by atoms with Crippen molar-refractivity contribution in [2.45, 2.75) is 0 Å². The van der Waals surface area contributed by atoms with E-state index in [9.17, 15) is 14.4 Å². The fourth-order valence-electron chi connectivity index (χ4n) is 3.97. The molecule has 0 fully saturated rings. The molecule has 182 valence electrons. The Balaban J connectivity index is 1.51. The zero-order valence-corrected chi connectivity index (χ0v) is 19.8. The normalized spacial score (nSPS) is 10.6. The standard InChI is InChI=1S/C29H22N4O4/c1-37-21-13-9-10-19(18-21)30-27(34)24-16-7-8-17-25(24)31-28(35)26-22-14-5-6-15-23(22)29(36)33(32-26)20-11-3-2-4-12-20/h2-18H,1H3,(H,30,34)(H,31,35). The van der Waals surface area contributed by atoms with Crippen LogP contribution in [0.15, 0.2) is 108 Å². The number of ether oxygens (including phenoxy) is 1. The van der Waals surface area contributed by atoms with Crippen molar-refractivity contribution >= 4 is 34.0 Å². The fourth-order valence-corrected chi connectivity index (χ4v) is 3.97. The third kappa shape index (κ3) is 4.81. The molecule has 0 unspecified atom stereocenters. The molecule has 2 amide bonds. The SMILES string of the molecule is COc1cccc(NC(=O)c2ccccc2NC(=O)c2nn(-c3ccccc3)c(=O)c3ccccc23)c1. The van der Waals surface area contributed by atoms with Gasteiger partial charge in [-0.25, -0.2) is 0 Å². The van der Waals surface area contributed by atoms with Crippen LogP contribution in [0.2, 0.25) is 0 Å². The van der Waals surface area contributed by atoms with Crippen molar-refractivity contribution < 1.29 is 14.3 Å². The van der Waals surface area contributed by atoms with E-state index in [-0.39, 0.29) is 16.8 Å². The molecular formula is C29H22N4O4. The lowest BCUT2D eigenvalue weighted by molar-refractivity contribution is 0.102. The molecule has 1 heterocycles. The molecule has 0 bridgehead atoms. The Kier molecular flexibility index (Phi) is 6.46. The van der Waals surface area contributed by atoms with Crippen molar-refractivity contribution in [3.05, 3.63) is 125 Å². The monoisotopic (exact) mass is 490 g/mol. The average molecular weight is 491 g/mol. The van der Waals surface area contributed by atoms with Crippen molar-refractivity contribution in [1.29, 1.82) is 0 Å². The third-order valence-electron chi connectivity index (χ3n) is 5.77. The summed E-state index contributed by atoms with van der Waals surface area (Å²) in [5.41, 5.74) is 1.37. The van der Waals surface area contributed by atoms with Crippen LogP contribution in [-0.2, 0) is 0 Å². The van der Waals surface area contributed by atoms with Crippen LogP contribution in [0.3, 0.4) is 0 Å². The lowest BCUT2D eigenvalue weighted by atomic mass is 10.1. The summed E-state index contributed by atoms with van der Waals surface area (Å²) in [7, 11) is 1.55. The number of hydrogen-bond acceptors (Lipinski definition) is 5. The van der Waals surface area contributed by atoms with Gasteiger partial charge in [-0.3, -0.25) is 14.4 Å². The van der Waals surface area contributed by atoms with Crippen molar-refractivity contribution in [2.75, 3.05) is 17.7 Å². The van der Waals surface area contributed by atoms with E-state index in [1.165, 1.54) is 4.68 Å². The van der Waals surface area contributed by atoms with Crippen LogP contribution in [0.5, 0.6) is 5.75 Å². The Hall–Kier alpha value is -5.24. The highest BCUT2D eigenvalue weighted by atomic mass is 16.5. The van der Waals surface area contributed by atoms with E-state index < -0.39 is 11.8 Å². The topological polar surface area (TPSA) is 102 Å². The molecular weight excluding hydrogens is 468 g/mol. The second-order valence-corrected chi connectivity index (χ2v) is 8.13. The van der Waals surface area contributed by atoms with E-state index in [1.807, 2.05) is 6.07 Å². The maximum Gasteiger partial charge on any atom is 0.279 e. The predicted octanol–water partition coefficient (Wildman–Crippen LogP) is 4.90. The molecule has 2 N–H and O–H groups in total. The predicted molar refractivity (Wildman–Crippen MR) is 143 cm³/mol. The van der Waals surface area contributed by atoms with E-state index >= 15 is 0 Å². The summed E-state index contributed by atoms with van der Waals surface area (Å²) in [6.45, 7) is 0. The quantitative estimate of drug-likeness (QED) is 0.353. The Morgan fingerprint density at radius 1 is 0.757 bits per heavy atom. The van der Waals surface area contributed by atoms with E-state index in [4.69, 9.17) is 4.74 Å². The summed E-state index contributed by atoms with van der Waals surface area (Å²) in [4.78, 5) is 39.7. The van der Waals surface area contributed by atoms with Gasteiger partial charge in [0.05, 0.1) is 29.4 Å². The van der Waals surface area contributed by atoms with Crippen LogP contribution in [0.25, 0.3) is 16.5 Å². The number of rotatable bonds is 6. The first-order chi connectivity index (χ1) is 18.0. The Bertz CT molecular complexity index is 1680. The number of fused-ring (bicyclic) bond motifs is 1. The minimum Gasteiger partial charge on any atom is -0.497 e. The molecule has 0 saturated carbocycles. The molecule has 8 heteroatoms. The number of hydrogen-bond donors (Lipinski definition) is 2. The van der Waals surface area contributed by atoms with Gasteiger partial charge >= 0.3 is 0 Å². The first-order valence-electron chi connectivity index (χ1n) is 11.5. The van der Waals surface area contributed by atoms with Crippen molar-refractivity contribution in [3.8, 4) is 11.4 Å². The number of methoxy groups -OCH3 is 1. The zero-order valence-electron chi connectivity index (χ0n) is 19.8. The average Bonchev–Trinajstić information content (AvgIpc) is 2.94. The van der Waals surface area contributed by atoms with Crippen molar-refractivity contribution in [3.63, 3.8) is 0 Å². The van der Waals surface area contributed by atoms with Crippen LogP contribution < -0.4 is 20.9 Å². The summed E-state index contributed by atoms with van der Waals surface area (Å²) in [5.74, 6) is -0.357. The molecule has 0 radical (unpaired) electrons. The number of para-hydroxylation sites is 2. The molecule has 0 atom stereocenters. The van der Waals surface area contributed by atoms with Gasteiger partial charge in [0.2, 0.25) is 0 Å². The summed E-state index contributed by atoms with van der Waals surface area (Å²) < 4.78 is 6.42. The number of benzene rings is 4. The summed E-state index contributed by atoms with van der Waals surface area (Å²) in [6, 6.07) is 29.3. The van der Waals surface area contributed by atoms with Gasteiger partial charge in [-0.2, -0.15) is 9.78 Å². The Labute approximate surface area is 212 Å². The minimum atomic E-state index is -0.553. The Morgan fingerprint density at radius 3 is 2.24 bits per heavy atom. The number of anilines is 2. The summed E-state index contributed by atoms with van der Waals surface area (Å²) in [6.07, 6.45) is 0. The number of aromatic nitrogens is 2. The van der Waals surface area contributed by atoms with Crippen LogP contribution in [0.1, 0.15) is 20.8 Å². The number of carbonyl (C=O) groups is 2. The first-order valence-corrected chi connectivity index (χ1v) is 11.5. The highest BCUT2D eigenvalue weighted by Crippen LogP contribution is 2.22. The van der Waals surface area contributed by atoms with Gasteiger partial charge in [0, 0.05) is 17.1 Å². The molecule has 0 aliphatic carbocycles. The van der Waals surface area contributed by atoms with Gasteiger partial charge in [-0.05, 0) is 42.5 Å². The fraction of sp³-hybridized carbons (Fsp3) is 0.0345. The van der Waals surface area contributed by atoms with Crippen molar-refractivity contribution in [1.82, 2.24) is 9.78 Å². The van der Waals surface area contributed by atoms with E-state index in [2.05, 4.69) is 15.7 Å². The Morgan fingerprint density at radius 2 is 1.46 bits per heavy atom. The smallest absolute Gasteiger partial charge is 0.279 e. The molecule has 0 aliphatic rings. The molecule has 1 aromatic heterocycles. The first kappa shape index (κ1) is 23.5. The van der Waals surface area contributed by atoms with Crippen LogP contribution in [0.4, 0.5) is 11.4 Å². The lowest BCUT2D eigenvalue weighted by Crippen LogP contribution is -2.27. The van der Waals surface area contributed by atoms with Gasteiger partial charge in [0.25, 0.3) is 17.4 Å². The second kappa shape index (κ2) is 10.2. The third-order valence-corrected chi connectivity index (χ3v) is 5.77. The molecule has 0 aliphatic heterocycles. The van der Waals surface area contributed by atoms with Gasteiger partial charge in [0.15, 0.2) is 5.69 Å². The lowest BCUT2D eigenvalue weighted by Gasteiger charge is -2.14. The largest absolute Gasteiger partial charge is 0.497 e. The molecule has 5 aromatic rings. The second-order valence-electron chi connectivity index (χ2n) is 8.13. The molecule has 37 heavy (non-hydrogen) atoms. The number of amides is 2. The molecule has 5 rings (SSSR count). The summed E-state index contributed by atoms with van der Waals surface area (Å²) in [5, 5.41) is 10.8. The van der Waals surface area contributed by atoms with E-state index in [1.54, 1.807) is 104 Å². The van der Waals surface area contributed by atoms with Crippen LogP contribution in [0, 0.1) is 0 Å². The van der Waals surface area contributed by atoms with Gasteiger partial charge in [0.1, 0.15) is 5.75 Å². The highest BCUT2D eigenvalue weighted by Gasteiger charge is 2.20. The minimum absolute atomic E-state index is 0.0575. The maximum atomic E-state index is 13.5. The number of nitrogens with one attached hydrogen (secondary N) is 2. The van der Waals surface area contributed by atoms with E-state index in [0.29, 0.717) is 33.6 Å². The van der Waals surface area contributed by atoms with Crippen LogP contribution in [-0.4, -0.2) is 28.7 Å². The number of carbonyl (C=O) groups excluding carboxylic acids is 2. The van der Waals surface area contributed by atoms with Gasteiger partial charge in [-0.1, -0.05) is 54.6 Å². The van der Waals surface area contributed by atoms with Crippen LogP contribution >= 0.6 is 0 Å². The van der Waals surface area contributed by atoms with Crippen molar-refractivity contribution in [2.24, 2.45) is 0 Å². The molecule has 4 aromatic carbocycles. The molecule has 8 nitrogen and oxygen atoms in total. The number of nitrogens with zero attached hydrogens (tertiary/aromatic N) is 2. The highest BCUT2D eigenvalue weighted by molar-refractivity contribution is 6.15. The van der Waals surface area contributed by atoms with Gasteiger partial charge < -0.3 is 15.4 Å². The molecule has 0 spiro atoms. The van der Waals surface area contributed by atoms with E-state index in [0.717, 1.165) is 0 Å². The summed E-state index contributed by atoms with van der Waals surface area (Å²) >= 11 is 0. The zero-order chi connectivity index (χ0) is 25.8.